The van der Waals surface area contributed by atoms with Crippen LogP contribution in [0.2, 0.25) is 0 Å². The van der Waals surface area contributed by atoms with Gasteiger partial charge in [0.05, 0.1) is 0 Å². The molecule has 2 amide bonds. The van der Waals surface area contributed by atoms with E-state index in [1.165, 1.54) is 23.8 Å². The number of amides is 2. The van der Waals surface area contributed by atoms with Gasteiger partial charge in [-0.2, -0.15) is 0 Å². The molecule has 0 saturated heterocycles. The fourth-order valence-corrected chi connectivity index (χ4v) is 2.42. The van der Waals surface area contributed by atoms with Crippen molar-refractivity contribution in [2.75, 3.05) is 5.32 Å². The zero-order chi connectivity index (χ0) is 15.4. The van der Waals surface area contributed by atoms with Crippen LogP contribution in [0.25, 0.3) is 10.6 Å². The van der Waals surface area contributed by atoms with Crippen LogP contribution in [0, 0.1) is 6.92 Å². The van der Waals surface area contributed by atoms with Crippen LogP contribution in [0.1, 0.15) is 19.4 Å². The van der Waals surface area contributed by atoms with Crippen molar-refractivity contribution in [2.24, 2.45) is 0 Å². The molecule has 0 spiro atoms. The van der Waals surface area contributed by atoms with Gasteiger partial charge in [0.15, 0.2) is 0 Å². The first-order valence-corrected chi connectivity index (χ1v) is 7.26. The Bertz CT molecular complexity index is 651. The van der Waals surface area contributed by atoms with E-state index >= 15 is 0 Å². The van der Waals surface area contributed by atoms with E-state index in [0.29, 0.717) is 5.13 Å². The lowest BCUT2D eigenvalue weighted by Gasteiger charge is -2.10. The van der Waals surface area contributed by atoms with Crippen LogP contribution >= 0.6 is 11.3 Å². The summed E-state index contributed by atoms with van der Waals surface area (Å²) < 4.78 is 0. The number of anilines is 1. The number of nitrogens with zero attached hydrogens (tertiary/aromatic N) is 2. The van der Waals surface area contributed by atoms with Gasteiger partial charge >= 0.3 is 0 Å². The Balaban J connectivity index is 2.05. The van der Waals surface area contributed by atoms with Crippen LogP contribution in [-0.2, 0) is 9.59 Å². The van der Waals surface area contributed by atoms with E-state index in [-0.39, 0.29) is 11.8 Å². The van der Waals surface area contributed by atoms with E-state index in [9.17, 15) is 9.59 Å². The Hall–Kier alpha value is -2.28. The molecule has 0 aliphatic rings. The Morgan fingerprint density at radius 3 is 2.48 bits per heavy atom. The number of hydrogen-bond acceptors (Lipinski definition) is 5. The molecule has 0 bridgehead atoms. The number of carbonyl (C=O) groups is 2. The Morgan fingerprint density at radius 2 is 1.86 bits per heavy atom. The molecule has 6 nitrogen and oxygen atoms in total. The zero-order valence-corrected chi connectivity index (χ0v) is 12.8. The summed E-state index contributed by atoms with van der Waals surface area (Å²) in [6, 6.07) is 7.29. The number of rotatable bonds is 4. The average molecular weight is 304 g/mol. The minimum atomic E-state index is -0.616. The first kappa shape index (κ1) is 15.1. The summed E-state index contributed by atoms with van der Waals surface area (Å²) >= 11 is 1.29. The van der Waals surface area contributed by atoms with Gasteiger partial charge in [0.1, 0.15) is 11.0 Å². The largest absolute Gasteiger partial charge is 0.345 e. The molecule has 2 N–H and O–H groups in total. The molecule has 7 heteroatoms. The minimum absolute atomic E-state index is 0.254. The molecule has 2 aromatic rings. The van der Waals surface area contributed by atoms with E-state index in [0.717, 1.165) is 10.6 Å². The van der Waals surface area contributed by atoms with Gasteiger partial charge in [-0.15, -0.1) is 10.2 Å². The molecule has 1 aromatic carbocycles. The first-order valence-electron chi connectivity index (χ1n) is 6.44. The predicted octanol–water partition coefficient (Wildman–Crippen LogP) is 1.98. The van der Waals surface area contributed by atoms with Crippen molar-refractivity contribution in [3.05, 3.63) is 29.8 Å². The molecule has 0 saturated carbocycles. The van der Waals surface area contributed by atoms with Gasteiger partial charge in [-0.05, 0) is 13.8 Å². The molecule has 1 unspecified atom stereocenters. The van der Waals surface area contributed by atoms with E-state index in [2.05, 4.69) is 20.8 Å². The van der Waals surface area contributed by atoms with Crippen molar-refractivity contribution in [1.29, 1.82) is 0 Å². The van der Waals surface area contributed by atoms with Crippen LogP contribution in [0.3, 0.4) is 0 Å². The third-order valence-electron chi connectivity index (χ3n) is 2.77. The van der Waals surface area contributed by atoms with Crippen molar-refractivity contribution < 1.29 is 9.59 Å². The molecule has 0 fully saturated rings. The maximum atomic E-state index is 11.9. The van der Waals surface area contributed by atoms with E-state index in [1.54, 1.807) is 6.92 Å². The van der Waals surface area contributed by atoms with Gasteiger partial charge in [0, 0.05) is 12.5 Å². The summed E-state index contributed by atoms with van der Waals surface area (Å²) in [7, 11) is 0. The highest BCUT2D eigenvalue weighted by molar-refractivity contribution is 7.18. The van der Waals surface area contributed by atoms with Crippen LogP contribution in [-0.4, -0.2) is 28.1 Å². The van der Waals surface area contributed by atoms with Crippen molar-refractivity contribution >= 4 is 28.3 Å². The van der Waals surface area contributed by atoms with Crippen molar-refractivity contribution in [3.8, 4) is 10.6 Å². The van der Waals surface area contributed by atoms with Crippen LogP contribution in [0.5, 0.6) is 0 Å². The summed E-state index contributed by atoms with van der Waals surface area (Å²) in [5, 5.41) is 14.3. The number of benzene rings is 1. The third kappa shape index (κ3) is 4.09. The summed E-state index contributed by atoms with van der Waals surface area (Å²) in [6.45, 7) is 4.99. The minimum Gasteiger partial charge on any atom is -0.345 e. The average Bonchev–Trinajstić information content (AvgIpc) is 2.87. The molecule has 2 rings (SSSR count). The maximum Gasteiger partial charge on any atom is 0.248 e. The Morgan fingerprint density at radius 1 is 1.19 bits per heavy atom. The van der Waals surface area contributed by atoms with Crippen LogP contribution < -0.4 is 10.6 Å². The third-order valence-corrected chi connectivity index (χ3v) is 3.65. The predicted molar refractivity (Wildman–Crippen MR) is 82.0 cm³/mol. The molecule has 0 radical (unpaired) electrons. The van der Waals surface area contributed by atoms with E-state index in [4.69, 9.17) is 0 Å². The standard InChI is InChI=1S/C14H16N4O2S/c1-8-4-6-11(7-5-8)13-17-18-14(21-13)16-12(20)9(2)15-10(3)19/h4-7,9H,1-3H3,(H,15,19)(H,16,18,20). The van der Waals surface area contributed by atoms with Crippen molar-refractivity contribution in [2.45, 2.75) is 26.8 Å². The normalized spacial score (nSPS) is 11.8. The highest BCUT2D eigenvalue weighted by Gasteiger charge is 2.16. The zero-order valence-electron chi connectivity index (χ0n) is 12.0. The van der Waals surface area contributed by atoms with Crippen LogP contribution in [0.4, 0.5) is 5.13 Å². The number of carbonyl (C=O) groups excluding carboxylic acids is 2. The molecule has 1 aromatic heterocycles. The molecular formula is C14H16N4O2S. The summed E-state index contributed by atoms with van der Waals surface area (Å²) in [4.78, 5) is 22.8. The molecule has 110 valence electrons. The highest BCUT2D eigenvalue weighted by Crippen LogP contribution is 2.26. The van der Waals surface area contributed by atoms with E-state index < -0.39 is 6.04 Å². The summed E-state index contributed by atoms with van der Waals surface area (Å²) in [6.07, 6.45) is 0. The van der Waals surface area contributed by atoms with Crippen molar-refractivity contribution in [3.63, 3.8) is 0 Å². The lowest BCUT2D eigenvalue weighted by molar-refractivity contribution is -0.124. The van der Waals surface area contributed by atoms with Gasteiger partial charge in [0.2, 0.25) is 16.9 Å². The number of aromatic nitrogens is 2. The quantitative estimate of drug-likeness (QED) is 0.904. The SMILES string of the molecule is CC(=O)NC(C)C(=O)Nc1nnc(-c2ccc(C)cc2)s1. The van der Waals surface area contributed by atoms with Gasteiger partial charge in [0.25, 0.3) is 0 Å². The maximum absolute atomic E-state index is 11.9. The number of aryl methyl sites for hydroxylation is 1. The lowest BCUT2D eigenvalue weighted by atomic mass is 10.2. The second kappa shape index (κ2) is 6.45. The highest BCUT2D eigenvalue weighted by atomic mass is 32.1. The van der Waals surface area contributed by atoms with Gasteiger partial charge in [-0.3, -0.25) is 14.9 Å². The molecular weight excluding hydrogens is 288 g/mol. The number of nitrogens with one attached hydrogen (secondary N) is 2. The molecule has 21 heavy (non-hydrogen) atoms. The topological polar surface area (TPSA) is 84.0 Å². The second-order valence-corrected chi connectivity index (χ2v) is 5.67. The first-order chi connectivity index (χ1) is 9.95. The lowest BCUT2D eigenvalue weighted by Crippen LogP contribution is -2.40. The molecule has 0 aliphatic carbocycles. The Labute approximate surface area is 126 Å². The van der Waals surface area contributed by atoms with Crippen molar-refractivity contribution in [1.82, 2.24) is 15.5 Å². The Kier molecular flexibility index (Phi) is 4.64. The monoisotopic (exact) mass is 304 g/mol. The summed E-state index contributed by atoms with van der Waals surface area (Å²) in [5.41, 5.74) is 2.12. The molecule has 0 aliphatic heterocycles. The summed E-state index contributed by atoms with van der Waals surface area (Å²) in [5.74, 6) is -0.577. The second-order valence-electron chi connectivity index (χ2n) is 4.69. The van der Waals surface area contributed by atoms with E-state index in [1.807, 2.05) is 31.2 Å². The molecule has 1 atom stereocenters. The fourth-order valence-electron chi connectivity index (χ4n) is 1.67. The fraction of sp³-hybridized carbons (Fsp3) is 0.286. The van der Waals surface area contributed by atoms with Gasteiger partial charge in [-0.25, -0.2) is 0 Å². The van der Waals surface area contributed by atoms with Gasteiger partial charge < -0.3 is 5.32 Å². The molecule has 1 heterocycles. The van der Waals surface area contributed by atoms with Gasteiger partial charge in [-0.1, -0.05) is 41.2 Å². The smallest absolute Gasteiger partial charge is 0.248 e. The van der Waals surface area contributed by atoms with Crippen LogP contribution in [0.15, 0.2) is 24.3 Å². The number of hydrogen-bond donors (Lipinski definition) is 2.